The Labute approximate surface area is 343 Å². The van der Waals surface area contributed by atoms with Gasteiger partial charge in [-0.05, 0) is 13.3 Å². The van der Waals surface area contributed by atoms with Gasteiger partial charge in [-0.1, -0.05) is 0 Å². The molecule has 0 saturated heterocycles. The van der Waals surface area contributed by atoms with Crippen LogP contribution in [-0.4, -0.2) is 103 Å². The molecule has 0 atom stereocenters. The van der Waals surface area contributed by atoms with Gasteiger partial charge in [0.25, 0.3) is 0 Å². The molecule has 292 valence electrons. The summed E-state index contributed by atoms with van der Waals surface area (Å²) in [6, 6.07) is 11.4. The number of esters is 1. The zero-order valence-corrected chi connectivity index (χ0v) is 37.1. The first-order valence-corrected chi connectivity index (χ1v) is 22.3. The summed E-state index contributed by atoms with van der Waals surface area (Å²) in [5.41, 5.74) is 4.15. The molecule has 2 heterocycles. The van der Waals surface area contributed by atoms with Crippen molar-refractivity contribution in [1.82, 2.24) is 15.3 Å². The molecule has 12 nitrogen and oxygen atoms in total. The number of nitrogens with one attached hydrogen (secondary N) is 1. The van der Waals surface area contributed by atoms with Crippen LogP contribution in [0.4, 0.5) is 11.4 Å². The summed E-state index contributed by atoms with van der Waals surface area (Å²) >= 11 is 2.73. The van der Waals surface area contributed by atoms with Gasteiger partial charge in [-0.2, -0.15) is 0 Å². The van der Waals surface area contributed by atoms with E-state index in [0.29, 0.717) is 55.0 Å². The summed E-state index contributed by atoms with van der Waals surface area (Å²) in [4.78, 5) is 62.3. The fraction of sp³-hybridized carbons (Fsp3) is 0.385. The van der Waals surface area contributed by atoms with E-state index >= 15 is 0 Å². The third kappa shape index (κ3) is 16.0. The van der Waals surface area contributed by atoms with Gasteiger partial charge < -0.3 is 9.90 Å². The fourth-order valence-corrected chi connectivity index (χ4v) is 10.0. The van der Waals surface area contributed by atoms with Crippen LogP contribution in [0.3, 0.4) is 0 Å². The number of amides is 1. The van der Waals surface area contributed by atoms with Crippen LogP contribution in [0.15, 0.2) is 46.2 Å². The average molecular weight is 918 g/mol. The average Bonchev–Trinajstić information content (AvgIpc) is 3.72. The summed E-state index contributed by atoms with van der Waals surface area (Å²) in [5.74, 6) is -1.31. The second-order valence-electron chi connectivity index (χ2n) is 12.2. The van der Waals surface area contributed by atoms with E-state index in [9.17, 15) is 19.2 Å². The number of aromatic carboxylic acids is 1. The zero-order valence-electron chi connectivity index (χ0n) is 32.0. The number of aliphatic hydroxyl groups is 1. The van der Waals surface area contributed by atoms with Crippen molar-refractivity contribution in [3.05, 3.63) is 79.5 Å². The molecule has 4 aromatic rings. The number of aryl methyl sites for hydroxylation is 2. The number of hydrogen-bond donors (Lipinski definition) is 3. The van der Waals surface area contributed by atoms with Crippen LogP contribution < -0.4 is 5.32 Å². The number of aliphatic hydroxyl groups excluding tert-OH is 1. The molecule has 0 aliphatic heterocycles. The second kappa shape index (κ2) is 23.8. The molecule has 0 aliphatic rings. The van der Waals surface area contributed by atoms with Gasteiger partial charge in [-0.25, -0.2) is 0 Å². The number of carboxylic acid groups (broad SMARTS) is 1. The number of thioether (sulfide) groups is 2. The van der Waals surface area contributed by atoms with E-state index in [0.717, 1.165) is 30.1 Å². The van der Waals surface area contributed by atoms with E-state index in [1.54, 1.807) is 37.4 Å². The number of carbonyl (C=O) groups is 4. The van der Waals surface area contributed by atoms with Crippen LogP contribution in [0, 0.1) is 27.0 Å². The molecule has 2 aromatic heterocycles. The number of rotatable bonds is 14. The van der Waals surface area contributed by atoms with E-state index < -0.39 is 11.9 Å². The molecule has 0 aliphatic carbocycles. The maximum absolute atomic E-state index is 12.3. The summed E-state index contributed by atoms with van der Waals surface area (Å²) < 4.78 is 7.78. The molecule has 1 amide bonds. The number of benzene rings is 2. The number of hydrogen-bond acceptors (Lipinski definition) is 10. The van der Waals surface area contributed by atoms with Gasteiger partial charge in [0.2, 0.25) is 0 Å². The minimum absolute atomic E-state index is 0.125. The fourth-order valence-electron chi connectivity index (χ4n) is 4.37. The first-order valence-electron chi connectivity index (χ1n) is 17.1. The molecule has 0 unspecified atom stereocenters. The number of aromatic nitrogens is 2. The van der Waals surface area contributed by atoms with Crippen molar-refractivity contribution >= 4 is 87.5 Å². The predicted molar refractivity (Wildman–Crippen MR) is 220 cm³/mol. The Balaban J connectivity index is 0.000000331. The molecule has 55 heavy (non-hydrogen) atoms. The van der Waals surface area contributed by atoms with Crippen molar-refractivity contribution in [1.29, 1.82) is 0 Å². The summed E-state index contributed by atoms with van der Waals surface area (Å²) in [6.45, 7) is 30.1. The number of nitrogens with zero attached hydrogens (tertiary/aromatic N) is 4. The van der Waals surface area contributed by atoms with Gasteiger partial charge in [0, 0.05) is 13.0 Å². The van der Waals surface area contributed by atoms with Gasteiger partial charge in [-0.15, -0.1) is 0 Å². The van der Waals surface area contributed by atoms with Gasteiger partial charge in [0.05, 0.1) is 0 Å². The van der Waals surface area contributed by atoms with Crippen molar-refractivity contribution < 1.29 is 34.1 Å². The topological polar surface area (TPSA) is 164 Å². The Hall–Kier alpha value is -3.98. The predicted octanol–water partition coefficient (Wildman–Crippen LogP) is 7.67. The zero-order chi connectivity index (χ0) is 41.2. The SMILES string of the molecule is CC(=O)CCCO.[C-]#[N+]c1cc(-c2nc(C)c(C(=O)O)[se]2)ccc1SC(C)C.[C-]#[N+]c1cc(-c2nc(C)c(C(=O)OCCNC(C)=O)[se]2)ccc1SC(C)C. The first-order chi connectivity index (χ1) is 26.0. The number of carbonyl (C=O) groups excluding carboxylic acids is 3. The Morgan fingerprint density at radius 1 is 0.836 bits per heavy atom. The monoisotopic (exact) mass is 919 g/mol. The minimum atomic E-state index is -0.899. The van der Waals surface area contributed by atoms with Gasteiger partial charge in [0.15, 0.2) is 0 Å². The normalized spacial score (nSPS) is 10.3. The molecule has 16 heteroatoms. The molecular weight excluding hydrogens is 873 g/mol. The molecule has 0 bridgehead atoms. The van der Waals surface area contributed by atoms with Crippen molar-refractivity contribution in [3.63, 3.8) is 0 Å². The summed E-state index contributed by atoms with van der Waals surface area (Å²) in [6.07, 6.45) is 1.12. The Morgan fingerprint density at radius 3 is 1.67 bits per heavy atom. The molecule has 3 N–H and O–H groups in total. The summed E-state index contributed by atoms with van der Waals surface area (Å²) in [5, 5.41) is 20.7. The van der Waals surface area contributed by atoms with E-state index in [1.165, 1.54) is 13.8 Å². The van der Waals surface area contributed by atoms with Gasteiger partial charge in [0.1, 0.15) is 5.78 Å². The molecule has 2 aromatic carbocycles. The molecule has 0 fully saturated rings. The molecule has 0 radical (unpaired) electrons. The molecular formula is C39H45N5O7S2Se2. The van der Waals surface area contributed by atoms with E-state index in [4.69, 9.17) is 28.1 Å². The number of ether oxygens (including phenoxy) is 1. The van der Waals surface area contributed by atoms with Crippen molar-refractivity contribution in [2.75, 3.05) is 19.8 Å². The van der Waals surface area contributed by atoms with Crippen LogP contribution in [0.25, 0.3) is 30.0 Å². The van der Waals surface area contributed by atoms with Crippen molar-refractivity contribution in [2.45, 2.75) is 88.5 Å². The number of carboxylic acids is 1. The Kier molecular flexibility index (Phi) is 20.4. The van der Waals surface area contributed by atoms with E-state index in [1.807, 2.05) is 36.4 Å². The Bertz CT molecular complexity index is 2050. The molecule has 4 rings (SSSR count). The van der Waals surface area contributed by atoms with Crippen LogP contribution in [0.2, 0.25) is 0 Å². The number of ketones is 1. The maximum atomic E-state index is 12.3. The van der Waals surface area contributed by atoms with E-state index in [2.05, 4.69) is 52.7 Å². The first kappa shape index (κ1) is 47.2. The van der Waals surface area contributed by atoms with Crippen LogP contribution >= 0.6 is 23.5 Å². The molecule has 0 saturated carbocycles. The Morgan fingerprint density at radius 2 is 1.31 bits per heavy atom. The van der Waals surface area contributed by atoms with Crippen LogP contribution in [-0.2, 0) is 14.3 Å². The van der Waals surface area contributed by atoms with Crippen molar-refractivity contribution in [2.24, 2.45) is 0 Å². The van der Waals surface area contributed by atoms with Crippen LogP contribution in [0.1, 0.15) is 84.2 Å². The van der Waals surface area contributed by atoms with Crippen LogP contribution in [0.5, 0.6) is 0 Å². The number of Topliss-reactive ketones (excluding diaryl/α,β-unsaturated/α-hetero) is 1. The second-order valence-corrected chi connectivity index (χ2v) is 19.7. The quantitative estimate of drug-likeness (QED) is 0.0374. The van der Waals surface area contributed by atoms with Crippen molar-refractivity contribution in [3.8, 4) is 20.3 Å². The third-order valence-electron chi connectivity index (χ3n) is 6.75. The molecule has 0 spiro atoms. The van der Waals surface area contributed by atoms with Gasteiger partial charge in [-0.3, -0.25) is 0 Å². The van der Waals surface area contributed by atoms with E-state index in [-0.39, 0.29) is 60.5 Å². The van der Waals surface area contributed by atoms with Gasteiger partial charge >= 0.3 is 303 Å². The standard InChI is InChI=1S/C19H21N3O3SSe.C15H14N2O2SSe.C5H10O2/c1-11(2)26-16-7-6-14(10-15(16)20-5)18-22-12(3)17(27-18)19(24)25-9-8-21-13(4)23;1-8(2)20-12-6-5-10(7-11(12)16-4)14-17-9(3)13(21-14)15(18)19;1-5(7)3-2-4-6/h6-7,10-11H,8-9H2,1-4H3,(H,21,23);5-8H,1-3H3,(H,18,19);6H,2-4H2,1H3. The third-order valence-corrected chi connectivity index (χ3v) is 13.9. The summed E-state index contributed by atoms with van der Waals surface area (Å²) in [7, 11) is 0.